The van der Waals surface area contributed by atoms with Gasteiger partial charge in [-0.15, -0.1) is 0 Å². The second kappa shape index (κ2) is 6.56. The van der Waals surface area contributed by atoms with Gasteiger partial charge in [-0.05, 0) is 12.1 Å². The standard InChI is InChI=1S/C14H21N3O3/c1-15-6-3-4-12(15)14(19)17-10-8-16(9-11-17)7-5-13(18)20-2/h3-4,6H,5,7-11H2,1-2H3. The van der Waals surface area contributed by atoms with E-state index in [1.807, 2.05) is 34.8 Å². The number of carbonyl (C=O) groups excluding carboxylic acids is 2. The highest BCUT2D eigenvalue weighted by Crippen LogP contribution is 2.09. The Morgan fingerprint density at radius 3 is 2.50 bits per heavy atom. The lowest BCUT2D eigenvalue weighted by Gasteiger charge is -2.34. The van der Waals surface area contributed by atoms with Gasteiger partial charge in [-0.2, -0.15) is 0 Å². The number of ether oxygens (including phenoxy) is 1. The summed E-state index contributed by atoms with van der Waals surface area (Å²) in [5.41, 5.74) is 0.716. The molecule has 110 valence electrons. The molecule has 1 aromatic heterocycles. The highest BCUT2D eigenvalue weighted by Gasteiger charge is 2.23. The Morgan fingerprint density at radius 1 is 1.25 bits per heavy atom. The largest absolute Gasteiger partial charge is 0.469 e. The number of carbonyl (C=O) groups is 2. The van der Waals surface area contributed by atoms with Gasteiger partial charge in [-0.3, -0.25) is 14.5 Å². The molecule has 1 fully saturated rings. The smallest absolute Gasteiger partial charge is 0.306 e. The Bertz CT molecular complexity index is 476. The highest BCUT2D eigenvalue weighted by molar-refractivity contribution is 5.92. The van der Waals surface area contributed by atoms with Crippen LogP contribution < -0.4 is 0 Å². The van der Waals surface area contributed by atoms with Crippen molar-refractivity contribution < 1.29 is 14.3 Å². The molecule has 0 saturated carbocycles. The van der Waals surface area contributed by atoms with Gasteiger partial charge in [0.05, 0.1) is 13.5 Å². The number of piperazine rings is 1. The molecule has 0 bridgehead atoms. The number of aromatic nitrogens is 1. The third-order valence-corrected chi connectivity index (χ3v) is 3.68. The number of esters is 1. The van der Waals surface area contributed by atoms with Crippen molar-refractivity contribution in [3.8, 4) is 0 Å². The quantitative estimate of drug-likeness (QED) is 0.746. The minimum Gasteiger partial charge on any atom is -0.469 e. The van der Waals surface area contributed by atoms with Gasteiger partial charge in [0.1, 0.15) is 5.69 Å². The molecule has 1 aliphatic rings. The molecule has 1 aromatic rings. The maximum Gasteiger partial charge on any atom is 0.306 e. The van der Waals surface area contributed by atoms with Crippen LogP contribution in [0.15, 0.2) is 18.3 Å². The third-order valence-electron chi connectivity index (χ3n) is 3.68. The summed E-state index contributed by atoms with van der Waals surface area (Å²) in [5, 5.41) is 0. The second-order valence-electron chi connectivity index (χ2n) is 4.96. The van der Waals surface area contributed by atoms with Crippen LogP contribution in [0, 0.1) is 0 Å². The van der Waals surface area contributed by atoms with Crippen molar-refractivity contribution in [2.45, 2.75) is 6.42 Å². The first-order valence-corrected chi connectivity index (χ1v) is 6.81. The molecule has 20 heavy (non-hydrogen) atoms. The average Bonchev–Trinajstić information content (AvgIpc) is 2.90. The van der Waals surface area contributed by atoms with Gasteiger partial charge in [0, 0.05) is 46.0 Å². The lowest BCUT2D eigenvalue weighted by Crippen LogP contribution is -2.49. The van der Waals surface area contributed by atoms with Gasteiger partial charge >= 0.3 is 5.97 Å². The molecule has 6 heteroatoms. The number of rotatable bonds is 4. The van der Waals surface area contributed by atoms with E-state index in [1.165, 1.54) is 7.11 Å². The normalized spacial score (nSPS) is 16.2. The van der Waals surface area contributed by atoms with E-state index in [-0.39, 0.29) is 11.9 Å². The number of hydrogen-bond acceptors (Lipinski definition) is 4. The first-order valence-electron chi connectivity index (χ1n) is 6.81. The van der Waals surface area contributed by atoms with Crippen molar-refractivity contribution in [3.63, 3.8) is 0 Å². The number of aryl methyl sites for hydroxylation is 1. The Labute approximate surface area is 118 Å². The van der Waals surface area contributed by atoms with Crippen LogP contribution in [0.5, 0.6) is 0 Å². The zero-order chi connectivity index (χ0) is 14.5. The molecule has 2 heterocycles. The zero-order valence-electron chi connectivity index (χ0n) is 12.0. The number of hydrogen-bond donors (Lipinski definition) is 0. The summed E-state index contributed by atoms with van der Waals surface area (Å²) in [6.07, 6.45) is 2.28. The molecule has 1 saturated heterocycles. The molecule has 0 aliphatic carbocycles. The van der Waals surface area contributed by atoms with Crippen LogP contribution in [0.1, 0.15) is 16.9 Å². The van der Waals surface area contributed by atoms with Crippen molar-refractivity contribution >= 4 is 11.9 Å². The van der Waals surface area contributed by atoms with E-state index in [9.17, 15) is 9.59 Å². The van der Waals surface area contributed by atoms with Crippen molar-refractivity contribution in [3.05, 3.63) is 24.0 Å². The topological polar surface area (TPSA) is 54.8 Å². The summed E-state index contributed by atoms with van der Waals surface area (Å²) in [6.45, 7) is 3.69. The van der Waals surface area contributed by atoms with Gasteiger partial charge in [-0.25, -0.2) is 0 Å². The minimum atomic E-state index is -0.188. The molecule has 6 nitrogen and oxygen atoms in total. The summed E-state index contributed by atoms with van der Waals surface area (Å²) in [6, 6.07) is 3.71. The van der Waals surface area contributed by atoms with Gasteiger partial charge in [-0.1, -0.05) is 0 Å². The second-order valence-corrected chi connectivity index (χ2v) is 4.96. The minimum absolute atomic E-state index is 0.0742. The fourth-order valence-corrected chi connectivity index (χ4v) is 2.37. The van der Waals surface area contributed by atoms with Crippen LogP contribution in [0.2, 0.25) is 0 Å². The van der Waals surface area contributed by atoms with Crippen LogP contribution in [-0.2, 0) is 16.6 Å². The van der Waals surface area contributed by atoms with Crippen molar-refractivity contribution in [1.29, 1.82) is 0 Å². The van der Waals surface area contributed by atoms with Crippen LogP contribution in [-0.4, -0.2) is 66.1 Å². The van der Waals surface area contributed by atoms with Gasteiger partial charge in [0.2, 0.25) is 0 Å². The van der Waals surface area contributed by atoms with E-state index >= 15 is 0 Å². The number of nitrogens with zero attached hydrogens (tertiary/aromatic N) is 3. The molecular formula is C14H21N3O3. The third kappa shape index (κ3) is 3.39. The fourth-order valence-electron chi connectivity index (χ4n) is 2.37. The van der Waals surface area contributed by atoms with E-state index in [0.29, 0.717) is 31.7 Å². The summed E-state index contributed by atoms with van der Waals surface area (Å²) in [4.78, 5) is 27.5. The van der Waals surface area contributed by atoms with Crippen molar-refractivity contribution in [2.24, 2.45) is 7.05 Å². The number of amides is 1. The molecule has 1 amide bonds. The van der Waals surface area contributed by atoms with E-state index in [4.69, 9.17) is 0 Å². The maximum atomic E-state index is 12.3. The molecule has 0 radical (unpaired) electrons. The van der Waals surface area contributed by atoms with Crippen molar-refractivity contribution in [2.75, 3.05) is 39.8 Å². The fraction of sp³-hybridized carbons (Fsp3) is 0.571. The van der Waals surface area contributed by atoms with Gasteiger partial charge in [0.15, 0.2) is 0 Å². The molecule has 2 rings (SSSR count). The molecule has 0 aromatic carbocycles. The number of methoxy groups -OCH3 is 1. The predicted octanol–water partition coefficient (Wildman–Crippen LogP) is 0.346. The molecule has 0 unspecified atom stereocenters. The molecule has 0 spiro atoms. The monoisotopic (exact) mass is 279 g/mol. The highest BCUT2D eigenvalue weighted by atomic mass is 16.5. The lowest BCUT2D eigenvalue weighted by atomic mass is 10.2. The van der Waals surface area contributed by atoms with E-state index in [0.717, 1.165) is 13.1 Å². The first kappa shape index (κ1) is 14.6. The summed E-state index contributed by atoms with van der Waals surface area (Å²) in [5.74, 6) is -0.113. The Kier molecular flexibility index (Phi) is 4.79. The zero-order valence-corrected chi connectivity index (χ0v) is 12.0. The molecular weight excluding hydrogens is 258 g/mol. The molecule has 0 N–H and O–H groups in total. The van der Waals surface area contributed by atoms with E-state index in [2.05, 4.69) is 9.64 Å². The molecule has 0 atom stereocenters. The lowest BCUT2D eigenvalue weighted by molar-refractivity contribution is -0.141. The van der Waals surface area contributed by atoms with Crippen LogP contribution in [0.3, 0.4) is 0 Å². The van der Waals surface area contributed by atoms with E-state index < -0.39 is 0 Å². The summed E-state index contributed by atoms with van der Waals surface area (Å²) >= 11 is 0. The Hall–Kier alpha value is -1.82. The van der Waals surface area contributed by atoms with Crippen LogP contribution in [0.4, 0.5) is 0 Å². The van der Waals surface area contributed by atoms with Gasteiger partial charge < -0.3 is 14.2 Å². The Morgan fingerprint density at radius 2 is 1.95 bits per heavy atom. The molecule has 1 aliphatic heterocycles. The maximum absolute atomic E-state index is 12.3. The Balaban J connectivity index is 1.81. The first-order chi connectivity index (χ1) is 9.61. The SMILES string of the molecule is COC(=O)CCN1CCN(C(=O)c2cccn2C)CC1. The predicted molar refractivity (Wildman–Crippen MR) is 74.4 cm³/mol. The average molecular weight is 279 g/mol. The van der Waals surface area contributed by atoms with Crippen molar-refractivity contribution in [1.82, 2.24) is 14.4 Å². The van der Waals surface area contributed by atoms with E-state index in [1.54, 1.807) is 0 Å². The van der Waals surface area contributed by atoms with Crippen LogP contribution >= 0.6 is 0 Å². The summed E-state index contributed by atoms with van der Waals surface area (Å²) < 4.78 is 6.47. The van der Waals surface area contributed by atoms with Gasteiger partial charge in [0.25, 0.3) is 5.91 Å². The summed E-state index contributed by atoms with van der Waals surface area (Å²) in [7, 11) is 3.28. The van der Waals surface area contributed by atoms with Crippen LogP contribution in [0.25, 0.3) is 0 Å².